The predicted octanol–water partition coefficient (Wildman–Crippen LogP) is 4.73. The van der Waals surface area contributed by atoms with E-state index < -0.39 is 17.7 Å². The van der Waals surface area contributed by atoms with Crippen molar-refractivity contribution in [1.82, 2.24) is 5.16 Å². The van der Waals surface area contributed by atoms with Crippen molar-refractivity contribution in [3.63, 3.8) is 0 Å². The molecule has 4 rings (SSSR count). The third-order valence-corrected chi connectivity index (χ3v) is 5.27. The first-order valence-electron chi connectivity index (χ1n) is 9.78. The number of carbonyl (C=O) groups excluding carboxylic acids is 2. The monoisotopic (exact) mass is 402 g/mol. The van der Waals surface area contributed by atoms with E-state index in [1.165, 1.54) is 4.90 Å². The van der Waals surface area contributed by atoms with Gasteiger partial charge in [0.25, 0.3) is 5.78 Å². The van der Waals surface area contributed by atoms with Crippen molar-refractivity contribution in [3.8, 4) is 0 Å². The fourth-order valence-corrected chi connectivity index (χ4v) is 3.67. The van der Waals surface area contributed by atoms with Gasteiger partial charge < -0.3 is 9.63 Å². The van der Waals surface area contributed by atoms with Crippen LogP contribution in [0.4, 0.5) is 5.82 Å². The molecular weight excluding hydrogens is 380 g/mol. The number of rotatable bonds is 4. The molecule has 0 spiro atoms. The lowest BCUT2D eigenvalue weighted by atomic mass is 9.93. The number of hydrogen-bond acceptors (Lipinski definition) is 5. The minimum atomic E-state index is -0.809. The van der Waals surface area contributed by atoms with E-state index in [-0.39, 0.29) is 17.2 Å². The Morgan fingerprint density at radius 1 is 1.07 bits per heavy atom. The summed E-state index contributed by atoms with van der Waals surface area (Å²) in [6.07, 6.45) is 0. The molecule has 1 saturated heterocycles. The Kier molecular flexibility index (Phi) is 4.99. The highest BCUT2D eigenvalue weighted by atomic mass is 16.5. The Morgan fingerprint density at radius 3 is 2.30 bits per heavy atom. The van der Waals surface area contributed by atoms with E-state index in [1.54, 1.807) is 37.3 Å². The summed E-state index contributed by atoms with van der Waals surface area (Å²) < 4.78 is 5.14. The van der Waals surface area contributed by atoms with Gasteiger partial charge in [0, 0.05) is 11.6 Å². The topological polar surface area (TPSA) is 83.6 Å². The SMILES string of the molecule is Cc1cc(N2C(=O)C(=O)/C(=C(/O)c3ccccc3)[C@H]2c2ccc(C(C)C)cc2)no1. The summed E-state index contributed by atoms with van der Waals surface area (Å²) in [5.74, 6) is -0.625. The van der Waals surface area contributed by atoms with E-state index >= 15 is 0 Å². The van der Waals surface area contributed by atoms with Gasteiger partial charge in [0.2, 0.25) is 0 Å². The van der Waals surface area contributed by atoms with Gasteiger partial charge in [-0.25, -0.2) is 0 Å². The van der Waals surface area contributed by atoms with Crippen LogP contribution in [0.15, 0.2) is 70.8 Å². The zero-order valence-corrected chi connectivity index (χ0v) is 17.0. The summed E-state index contributed by atoms with van der Waals surface area (Å²) in [6.45, 7) is 5.90. The molecule has 6 nitrogen and oxygen atoms in total. The van der Waals surface area contributed by atoms with Crippen LogP contribution >= 0.6 is 0 Å². The molecule has 1 N–H and O–H groups in total. The number of aliphatic hydroxyl groups excluding tert-OH is 1. The summed E-state index contributed by atoms with van der Waals surface area (Å²) in [5, 5.41) is 14.9. The molecule has 0 bridgehead atoms. The van der Waals surface area contributed by atoms with Gasteiger partial charge in [0.15, 0.2) is 5.82 Å². The molecule has 152 valence electrons. The predicted molar refractivity (Wildman–Crippen MR) is 113 cm³/mol. The lowest BCUT2D eigenvalue weighted by molar-refractivity contribution is -0.132. The summed E-state index contributed by atoms with van der Waals surface area (Å²) >= 11 is 0. The second kappa shape index (κ2) is 7.63. The third kappa shape index (κ3) is 3.30. The maximum atomic E-state index is 13.0. The van der Waals surface area contributed by atoms with E-state index in [9.17, 15) is 14.7 Å². The molecule has 1 aliphatic heterocycles. The van der Waals surface area contributed by atoms with E-state index in [0.717, 1.165) is 5.56 Å². The van der Waals surface area contributed by atoms with Crippen LogP contribution in [0, 0.1) is 6.92 Å². The quantitative estimate of drug-likeness (QED) is 0.387. The zero-order valence-electron chi connectivity index (χ0n) is 17.0. The first-order valence-corrected chi connectivity index (χ1v) is 9.78. The van der Waals surface area contributed by atoms with Crippen molar-refractivity contribution in [2.45, 2.75) is 32.7 Å². The molecular formula is C24H22N2O4. The molecule has 1 atom stereocenters. The van der Waals surface area contributed by atoms with Crippen LogP contribution in [0.1, 0.15) is 48.3 Å². The summed E-state index contributed by atoms with van der Waals surface area (Å²) in [6, 6.07) is 17.2. The average molecular weight is 402 g/mol. The number of anilines is 1. The van der Waals surface area contributed by atoms with Crippen molar-refractivity contribution < 1.29 is 19.2 Å². The number of aromatic nitrogens is 1. The minimum Gasteiger partial charge on any atom is -0.507 e. The zero-order chi connectivity index (χ0) is 21.4. The Labute approximate surface area is 174 Å². The summed E-state index contributed by atoms with van der Waals surface area (Å²) in [7, 11) is 0. The summed E-state index contributed by atoms with van der Waals surface area (Å²) in [5.41, 5.74) is 2.34. The van der Waals surface area contributed by atoms with Gasteiger partial charge in [-0.3, -0.25) is 14.5 Å². The van der Waals surface area contributed by atoms with Crippen LogP contribution < -0.4 is 4.90 Å². The normalized spacial score (nSPS) is 18.4. The van der Waals surface area contributed by atoms with Gasteiger partial charge in [0.05, 0.1) is 11.6 Å². The van der Waals surface area contributed by atoms with E-state index in [4.69, 9.17) is 4.52 Å². The Bertz CT molecular complexity index is 1130. The molecule has 30 heavy (non-hydrogen) atoms. The molecule has 1 aromatic heterocycles. The number of aliphatic hydroxyl groups is 1. The maximum Gasteiger partial charge on any atom is 0.301 e. The highest BCUT2D eigenvalue weighted by molar-refractivity contribution is 6.51. The second-order valence-corrected chi connectivity index (χ2v) is 7.65. The molecule has 0 unspecified atom stereocenters. The van der Waals surface area contributed by atoms with Crippen LogP contribution in [-0.4, -0.2) is 22.0 Å². The second-order valence-electron chi connectivity index (χ2n) is 7.65. The van der Waals surface area contributed by atoms with Crippen molar-refractivity contribution in [3.05, 3.63) is 88.7 Å². The Hall–Kier alpha value is -3.67. The van der Waals surface area contributed by atoms with Crippen LogP contribution in [0.25, 0.3) is 5.76 Å². The van der Waals surface area contributed by atoms with Gasteiger partial charge in [0.1, 0.15) is 11.5 Å². The van der Waals surface area contributed by atoms with Crippen LogP contribution in [0.5, 0.6) is 0 Å². The molecule has 6 heteroatoms. The molecule has 2 aromatic carbocycles. The number of ketones is 1. The van der Waals surface area contributed by atoms with Crippen molar-refractivity contribution in [1.29, 1.82) is 0 Å². The molecule has 0 radical (unpaired) electrons. The number of benzene rings is 2. The van der Waals surface area contributed by atoms with Gasteiger partial charge in [-0.05, 0) is 24.0 Å². The molecule has 0 saturated carbocycles. The Balaban J connectivity index is 1.91. The lowest BCUT2D eigenvalue weighted by Crippen LogP contribution is -2.29. The summed E-state index contributed by atoms with van der Waals surface area (Å²) in [4.78, 5) is 27.3. The van der Waals surface area contributed by atoms with Gasteiger partial charge in [-0.2, -0.15) is 0 Å². The Morgan fingerprint density at radius 2 is 1.73 bits per heavy atom. The molecule has 1 aliphatic rings. The number of aryl methyl sites for hydroxylation is 1. The number of hydrogen-bond donors (Lipinski definition) is 1. The fraction of sp³-hybridized carbons (Fsp3) is 0.208. The lowest BCUT2D eigenvalue weighted by Gasteiger charge is -2.23. The van der Waals surface area contributed by atoms with Gasteiger partial charge in [-0.1, -0.05) is 73.6 Å². The van der Waals surface area contributed by atoms with Crippen LogP contribution in [0.2, 0.25) is 0 Å². The van der Waals surface area contributed by atoms with Gasteiger partial charge >= 0.3 is 5.91 Å². The number of Topliss-reactive ketones (excluding diaryl/α,β-unsaturated/α-hetero) is 1. The molecule has 0 aliphatic carbocycles. The number of nitrogens with zero attached hydrogens (tertiary/aromatic N) is 2. The highest BCUT2D eigenvalue weighted by Gasteiger charge is 2.48. The van der Waals surface area contributed by atoms with Gasteiger partial charge in [-0.15, -0.1) is 0 Å². The average Bonchev–Trinajstić information content (AvgIpc) is 3.29. The standard InChI is InChI=1S/C24H22N2O4/c1-14(2)16-9-11-17(12-10-16)21-20(22(27)18-7-5-4-6-8-18)23(28)24(29)26(21)19-13-15(3)30-25-19/h4-14,21,27H,1-3H3/b22-20+/t21-/m1/s1. The minimum absolute atomic E-state index is 0.0316. The first kappa shape index (κ1) is 19.6. The molecule has 2 heterocycles. The fourth-order valence-electron chi connectivity index (χ4n) is 3.67. The van der Waals surface area contributed by atoms with Crippen molar-refractivity contribution in [2.75, 3.05) is 4.90 Å². The largest absolute Gasteiger partial charge is 0.507 e. The number of carbonyl (C=O) groups is 2. The van der Waals surface area contributed by atoms with E-state index in [0.29, 0.717) is 22.8 Å². The first-order chi connectivity index (χ1) is 14.4. The number of amides is 1. The van der Waals surface area contributed by atoms with Crippen molar-refractivity contribution in [2.24, 2.45) is 0 Å². The van der Waals surface area contributed by atoms with Crippen LogP contribution in [-0.2, 0) is 9.59 Å². The van der Waals surface area contributed by atoms with E-state index in [1.807, 2.05) is 30.3 Å². The molecule has 3 aromatic rings. The highest BCUT2D eigenvalue weighted by Crippen LogP contribution is 2.42. The van der Waals surface area contributed by atoms with E-state index in [2.05, 4.69) is 19.0 Å². The molecule has 1 amide bonds. The molecule has 1 fully saturated rings. The van der Waals surface area contributed by atoms with Crippen LogP contribution in [0.3, 0.4) is 0 Å². The maximum absolute atomic E-state index is 13.0. The smallest absolute Gasteiger partial charge is 0.301 e. The third-order valence-electron chi connectivity index (χ3n) is 5.27. The van der Waals surface area contributed by atoms with Crippen molar-refractivity contribution >= 4 is 23.3 Å².